The van der Waals surface area contributed by atoms with E-state index >= 15 is 0 Å². The summed E-state index contributed by atoms with van der Waals surface area (Å²) in [5.74, 6) is -0.308. The minimum atomic E-state index is -0.308. The lowest BCUT2D eigenvalue weighted by Gasteiger charge is -2.09. The predicted octanol–water partition coefficient (Wildman–Crippen LogP) is 0.556. The second-order valence-electron chi connectivity index (χ2n) is 3.69. The van der Waals surface area contributed by atoms with Crippen LogP contribution in [0.25, 0.3) is 5.69 Å². The zero-order valence-corrected chi connectivity index (χ0v) is 10.1. The first-order chi connectivity index (χ1) is 8.70. The average Bonchev–Trinajstić information content (AvgIpc) is 2.89. The largest absolute Gasteiger partial charge is 0.468 e. The van der Waals surface area contributed by atoms with E-state index in [4.69, 9.17) is 0 Å². The number of benzene rings is 1. The number of carbonyl (C=O) groups excluding carboxylic acids is 1. The molecule has 0 spiro atoms. The topological polar surface area (TPSA) is 81.9 Å². The molecule has 94 valence electrons. The minimum absolute atomic E-state index is 0.139. The van der Waals surface area contributed by atoms with Gasteiger partial charge in [0.2, 0.25) is 0 Å². The number of ether oxygens (including phenoxy) is 1. The monoisotopic (exact) mass is 247 g/mol. The number of nitrogens with zero attached hydrogens (tertiary/aromatic N) is 4. The third kappa shape index (κ3) is 2.62. The number of aromatic nitrogens is 4. The molecule has 1 N–H and O–H groups in total. The molecule has 2 aromatic rings. The Kier molecular flexibility index (Phi) is 3.52. The summed E-state index contributed by atoms with van der Waals surface area (Å²) >= 11 is 0. The number of nitrogens with one attached hydrogen (secondary N) is 1. The van der Waals surface area contributed by atoms with E-state index in [0.717, 1.165) is 16.9 Å². The van der Waals surface area contributed by atoms with Crippen molar-refractivity contribution in [3.05, 3.63) is 30.1 Å². The van der Waals surface area contributed by atoms with Gasteiger partial charge in [0.05, 0.1) is 12.8 Å². The first-order valence-corrected chi connectivity index (χ1v) is 5.35. The van der Waals surface area contributed by atoms with Gasteiger partial charge in [0.1, 0.15) is 12.9 Å². The molecule has 0 aliphatic heterocycles. The van der Waals surface area contributed by atoms with Gasteiger partial charge in [-0.15, -0.1) is 5.10 Å². The van der Waals surface area contributed by atoms with Crippen molar-refractivity contribution in [1.29, 1.82) is 0 Å². The number of tetrazole rings is 1. The van der Waals surface area contributed by atoms with Crippen LogP contribution in [0.15, 0.2) is 24.5 Å². The van der Waals surface area contributed by atoms with Gasteiger partial charge in [0.15, 0.2) is 0 Å². The van der Waals surface area contributed by atoms with Gasteiger partial charge in [0.25, 0.3) is 0 Å². The van der Waals surface area contributed by atoms with Crippen LogP contribution >= 0.6 is 0 Å². The van der Waals surface area contributed by atoms with Crippen LogP contribution in [0.2, 0.25) is 0 Å². The zero-order chi connectivity index (χ0) is 13.0. The Balaban J connectivity index is 2.13. The number of rotatable bonds is 4. The maximum absolute atomic E-state index is 11.0. The number of carbonyl (C=O) groups is 1. The molecule has 0 atom stereocenters. The van der Waals surface area contributed by atoms with Crippen LogP contribution in [0.5, 0.6) is 0 Å². The van der Waals surface area contributed by atoms with Gasteiger partial charge in [-0.05, 0) is 41.1 Å². The van der Waals surface area contributed by atoms with Crippen LogP contribution in [0.1, 0.15) is 5.56 Å². The summed E-state index contributed by atoms with van der Waals surface area (Å²) < 4.78 is 6.14. The fraction of sp³-hybridized carbons (Fsp3) is 0.273. The molecular weight excluding hydrogens is 234 g/mol. The number of methoxy groups -OCH3 is 1. The molecule has 18 heavy (non-hydrogen) atoms. The molecule has 1 aromatic carbocycles. The van der Waals surface area contributed by atoms with Crippen molar-refractivity contribution in [1.82, 2.24) is 20.2 Å². The SMILES string of the molecule is COC(=O)CNc1ccc(-n2cnnn2)c(C)c1. The standard InChI is InChI=1S/C11H13N5O2/c1-8-5-9(12-6-11(17)18-2)3-4-10(8)16-7-13-14-15-16/h3-5,7,12H,6H2,1-2H3. The van der Waals surface area contributed by atoms with Gasteiger partial charge in [-0.2, -0.15) is 0 Å². The van der Waals surface area contributed by atoms with E-state index in [0.29, 0.717) is 0 Å². The molecule has 1 heterocycles. The van der Waals surface area contributed by atoms with Gasteiger partial charge >= 0.3 is 5.97 Å². The van der Waals surface area contributed by atoms with Crippen molar-refractivity contribution >= 4 is 11.7 Å². The molecular formula is C11H13N5O2. The molecule has 0 fully saturated rings. The molecule has 0 saturated carbocycles. The number of hydrogen-bond donors (Lipinski definition) is 1. The lowest BCUT2D eigenvalue weighted by Crippen LogP contribution is -2.15. The number of esters is 1. The molecule has 0 radical (unpaired) electrons. The lowest BCUT2D eigenvalue weighted by atomic mass is 10.2. The van der Waals surface area contributed by atoms with Crippen molar-refractivity contribution in [2.75, 3.05) is 19.0 Å². The van der Waals surface area contributed by atoms with Crippen LogP contribution in [0, 0.1) is 6.92 Å². The van der Waals surface area contributed by atoms with Crippen molar-refractivity contribution < 1.29 is 9.53 Å². The van der Waals surface area contributed by atoms with Gasteiger partial charge in [0, 0.05) is 5.69 Å². The fourth-order valence-electron chi connectivity index (χ4n) is 1.54. The van der Waals surface area contributed by atoms with Crippen LogP contribution in [-0.4, -0.2) is 39.8 Å². The summed E-state index contributed by atoms with van der Waals surface area (Å²) in [6.45, 7) is 2.08. The third-order valence-corrected chi connectivity index (χ3v) is 2.46. The van der Waals surface area contributed by atoms with E-state index in [9.17, 15) is 4.79 Å². The van der Waals surface area contributed by atoms with Gasteiger partial charge in [-0.3, -0.25) is 4.79 Å². The molecule has 0 aliphatic carbocycles. The van der Waals surface area contributed by atoms with Crippen LogP contribution in [0.3, 0.4) is 0 Å². The quantitative estimate of drug-likeness (QED) is 0.795. The smallest absolute Gasteiger partial charge is 0.325 e. The molecule has 0 unspecified atom stereocenters. The summed E-state index contributed by atoms with van der Waals surface area (Å²) in [5.41, 5.74) is 2.73. The van der Waals surface area contributed by atoms with Crippen LogP contribution in [0.4, 0.5) is 5.69 Å². The van der Waals surface area contributed by atoms with E-state index in [2.05, 4.69) is 25.6 Å². The third-order valence-electron chi connectivity index (χ3n) is 2.46. The number of aryl methyl sites for hydroxylation is 1. The van der Waals surface area contributed by atoms with Gasteiger partial charge in [-0.1, -0.05) is 0 Å². The van der Waals surface area contributed by atoms with E-state index in [1.165, 1.54) is 13.4 Å². The van der Waals surface area contributed by atoms with Crippen LogP contribution < -0.4 is 5.32 Å². The maximum Gasteiger partial charge on any atom is 0.325 e. The van der Waals surface area contributed by atoms with Crippen molar-refractivity contribution in [2.24, 2.45) is 0 Å². The highest BCUT2D eigenvalue weighted by Crippen LogP contribution is 2.17. The minimum Gasteiger partial charge on any atom is -0.468 e. The average molecular weight is 247 g/mol. The summed E-state index contributed by atoms with van der Waals surface area (Å²) in [7, 11) is 1.36. The Morgan fingerprint density at radius 3 is 2.94 bits per heavy atom. The maximum atomic E-state index is 11.0. The first-order valence-electron chi connectivity index (χ1n) is 5.35. The Hall–Kier alpha value is -2.44. The molecule has 2 rings (SSSR count). The summed E-state index contributed by atoms with van der Waals surface area (Å²) in [4.78, 5) is 11.0. The Morgan fingerprint density at radius 2 is 2.33 bits per heavy atom. The molecule has 1 aromatic heterocycles. The lowest BCUT2D eigenvalue weighted by molar-refractivity contribution is -0.138. The highest BCUT2D eigenvalue weighted by atomic mass is 16.5. The van der Waals surface area contributed by atoms with E-state index in [-0.39, 0.29) is 12.5 Å². The van der Waals surface area contributed by atoms with Crippen molar-refractivity contribution in [3.63, 3.8) is 0 Å². The zero-order valence-electron chi connectivity index (χ0n) is 10.1. The second kappa shape index (κ2) is 5.26. The summed E-state index contributed by atoms with van der Waals surface area (Å²) in [5, 5.41) is 14.0. The Morgan fingerprint density at radius 1 is 1.50 bits per heavy atom. The molecule has 7 nitrogen and oxygen atoms in total. The predicted molar refractivity (Wildman–Crippen MR) is 64.4 cm³/mol. The summed E-state index contributed by atoms with van der Waals surface area (Å²) in [6.07, 6.45) is 1.53. The molecule has 0 amide bonds. The highest BCUT2D eigenvalue weighted by molar-refractivity contribution is 5.75. The Labute approximate surface area is 104 Å². The van der Waals surface area contributed by atoms with Gasteiger partial charge < -0.3 is 10.1 Å². The van der Waals surface area contributed by atoms with Crippen molar-refractivity contribution in [3.8, 4) is 5.69 Å². The molecule has 0 aliphatic rings. The van der Waals surface area contributed by atoms with E-state index in [1.54, 1.807) is 4.68 Å². The van der Waals surface area contributed by atoms with E-state index < -0.39 is 0 Å². The molecule has 0 bridgehead atoms. The van der Waals surface area contributed by atoms with E-state index in [1.807, 2.05) is 25.1 Å². The fourth-order valence-corrected chi connectivity index (χ4v) is 1.54. The normalized spacial score (nSPS) is 10.1. The number of anilines is 1. The van der Waals surface area contributed by atoms with Gasteiger partial charge in [-0.25, -0.2) is 4.68 Å². The molecule has 7 heteroatoms. The first kappa shape index (κ1) is 12.0. The highest BCUT2D eigenvalue weighted by Gasteiger charge is 2.05. The van der Waals surface area contributed by atoms with Crippen molar-refractivity contribution in [2.45, 2.75) is 6.92 Å². The number of hydrogen-bond acceptors (Lipinski definition) is 6. The van der Waals surface area contributed by atoms with Crippen LogP contribution in [-0.2, 0) is 9.53 Å². The summed E-state index contributed by atoms with van der Waals surface area (Å²) in [6, 6.07) is 5.65. The Bertz CT molecular complexity index is 538. The molecule has 0 saturated heterocycles. The second-order valence-corrected chi connectivity index (χ2v) is 3.69.